The Hall–Kier alpha value is -0.200. The monoisotopic (exact) mass is 150 g/mol. The maximum Gasteiger partial charge on any atom is 0.0855 e. The quantitative estimate of drug-likeness (QED) is 0.480. The van der Waals surface area contributed by atoms with Gasteiger partial charge in [0.05, 0.1) is 13.2 Å². The molecule has 0 N–H and O–H groups in total. The van der Waals surface area contributed by atoms with Crippen molar-refractivity contribution in [3.63, 3.8) is 0 Å². The summed E-state index contributed by atoms with van der Waals surface area (Å²) in [7, 11) is 0. The number of hydrogen-bond donors (Lipinski definition) is 0. The summed E-state index contributed by atoms with van der Waals surface area (Å²) in [4.78, 5) is 8.97. The molecule has 0 bridgehead atoms. The van der Waals surface area contributed by atoms with Gasteiger partial charge in [-0.2, -0.15) is 0 Å². The second kappa shape index (κ2) is 5.57. The van der Waals surface area contributed by atoms with Crippen LogP contribution in [-0.4, -0.2) is 13.2 Å². The van der Waals surface area contributed by atoms with Crippen LogP contribution in [0.25, 0.3) is 0 Å². The van der Waals surface area contributed by atoms with Gasteiger partial charge in [0.25, 0.3) is 0 Å². The highest BCUT2D eigenvalue weighted by Gasteiger charge is 1.97. The molecule has 1 aliphatic heterocycles. The largest absolute Gasteiger partial charge is 0.204 e. The molecule has 0 amide bonds. The summed E-state index contributed by atoms with van der Waals surface area (Å²) in [6.07, 6.45) is 2.91. The third-order valence-electron chi connectivity index (χ3n) is 1.11. The van der Waals surface area contributed by atoms with Crippen LogP contribution in [0.5, 0.6) is 0 Å². The van der Waals surface area contributed by atoms with E-state index >= 15 is 0 Å². The maximum absolute atomic E-state index is 4.48. The highest BCUT2D eigenvalue weighted by atomic mass is 17.8. The summed E-state index contributed by atoms with van der Waals surface area (Å²) in [5.41, 5.74) is 0. The molecule has 0 aliphatic carbocycles. The predicted molar refractivity (Wildman–Crippen MR) is 29.0 cm³/mol. The molecular weight excluding hydrogens is 140 g/mol. The molecule has 1 heterocycles. The fraction of sp³-hybridized carbons (Fsp3) is 1.00. The van der Waals surface area contributed by atoms with Gasteiger partial charge >= 0.3 is 0 Å². The van der Waals surface area contributed by atoms with Gasteiger partial charge in [-0.25, -0.2) is 9.78 Å². The van der Waals surface area contributed by atoms with Crippen molar-refractivity contribution in [3.05, 3.63) is 0 Å². The molecule has 5 heteroatoms. The first kappa shape index (κ1) is 7.90. The van der Waals surface area contributed by atoms with Crippen LogP contribution in [0.15, 0.2) is 0 Å². The SMILES string of the molecule is C1CCOOOOOCC1. The normalized spacial score (nSPS) is 24.0. The van der Waals surface area contributed by atoms with Gasteiger partial charge in [0, 0.05) is 0 Å². The van der Waals surface area contributed by atoms with Crippen LogP contribution in [0.4, 0.5) is 0 Å². The van der Waals surface area contributed by atoms with Crippen molar-refractivity contribution in [2.45, 2.75) is 19.3 Å². The first-order valence-electron chi connectivity index (χ1n) is 3.24. The Balaban J connectivity index is 2.00. The minimum atomic E-state index is 0.517. The van der Waals surface area contributed by atoms with Gasteiger partial charge in [-0.15, -0.1) is 0 Å². The molecule has 60 valence electrons. The van der Waals surface area contributed by atoms with Crippen molar-refractivity contribution >= 4 is 0 Å². The van der Waals surface area contributed by atoms with Gasteiger partial charge in [0.2, 0.25) is 0 Å². The Kier molecular flexibility index (Phi) is 4.41. The summed E-state index contributed by atoms with van der Waals surface area (Å²) in [6, 6.07) is 0. The average Bonchev–Trinajstić information content (AvgIpc) is 2.01. The number of rotatable bonds is 0. The van der Waals surface area contributed by atoms with Crippen LogP contribution in [0.1, 0.15) is 19.3 Å². The first-order valence-corrected chi connectivity index (χ1v) is 3.24. The van der Waals surface area contributed by atoms with Crippen molar-refractivity contribution in [1.29, 1.82) is 0 Å². The Morgan fingerprint density at radius 2 is 1.20 bits per heavy atom. The number of hydrogen-bond acceptors (Lipinski definition) is 5. The molecule has 10 heavy (non-hydrogen) atoms. The Labute approximate surface area is 58.5 Å². The summed E-state index contributed by atoms with van der Waals surface area (Å²) in [6.45, 7) is 1.03. The van der Waals surface area contributed by atoms with E-state index in [1.807, 2.05) is 0 Å². The zero-order chi connectivity index (χ0) is 7.07. The summed E-state index contributed by atoms with van der Waals surface area (Å²) < 4.78 is 0. The Bertz CT molecular complexity index is 43.2. The summed E-state index contributed by atoms with van der Waals surface area (Å²) in [5, 5.41) is 12.1. The molecule has 1 saturated heterocycles. The smallest absolute Gasteiger partial charge is 0.0855 e. The van der Waals surface area contributed by atoms with E-state index in [-0.39, 0.29) is 0 Å². The third-order valence-corrected chi connectivity index (χ3v) is 1.11. The van der Waals surface area contributed by atoms with Crippen LogP contribution in [0.2, 0.25) is 0 Å². The molecule has 1 aliphatic rings. The van der Waals surface area contributed by atoms with Gasteiger partial charge < -0.3 is 0 Å². The molecular formula is C5H10O5. The van der Waals surface area contributed by atoms with Crippen molar-refractivity contribution in [2.75, 3.05) is 13.2 Å². The van der Waals surface area contributed by atoms with Crippen LogP contribution in [-0.2, 0) is 24.9 Å². The fourth-order valence-corrected chi connectivity index (χ4v) is 0.617. The highest BCUT2D eigenvalue weighted by molar-refractivity contribution is 4.37. The third kappa shape index (κ3) is 3.76. The first-order chi connectivity index (χ1) is 5.00. The van der Waals surface area contributed by atoms with E-state index in [0.717, 1.165) is 19.3 Å². The molecule has 0 aromatic heterocycles. The van der Waals surface area contributed by atoms with E-state index in [1.54, 1.807) is 0 Å². The lowest BCUT2D eigenvalue weighted by atomic mass is 10.2. The molecule has 0 radical (unpaired) electrons. The lowest BCUT2D eigenvalue weighted by molar-refractivity contribution is -0.709. The molecule has 1 rings (SSSR count). The minimum absolute atomic E-state index is 0.517. The van der Waals surface area contributed by atoms with E-state index in [1.165, 1.54) is 0 Å². The highest BCUT2D eigenvalue weighted by Crippen LogP contribution is 2.00. The fourth-order valence-electron chi connectivity index (χ4n) is 0.617. The Morgan fingerprint density at radius 3 is 1.80 bits per heavy atom. The maximum atomic E-state index is 4.48. The van der Waals surface area contributed by atoms with Crippen LogP contribution in [0.3, 0.4) is 0 Å². The van der Waals surface area contributed by atoms with Gasteiger partial charge in [-0.05, 0) is 34.4 Å². The van der Waals surface area contributed by atoms with Gasteiger partial charge in [-0.3, -0.25) is 0 Å². The van der Waals surface area contributed by atoms with Crippen LogP contribution < -0.4 is 0 Å². The molecule has 0 unspecified atom stereocenters. The zero-order valence-electron chi connectivity index (χ0n) is 5.58. The van der Waals surface area contributed by atoms with Crippen molar-refractivity contribution in [1.82, 2.24) is 0 Å². The van der Waals surface area contributed by atoms with Crippen molar-refractivity contribution in [3.8, 4) is 0 Å². The van der Waals surface area contributed by atoms with Gasteiger partial charge in [-0.1, -0.05) is 0 Å². The summed E-state index contributed by atoms with van der Waals surface area (Å²) >= 11 is 0. The molecule has 0 atom stereocenters. The van der Waals surface area contributed by atoms with Gasteiger partial charge in [0.1, 0.15) is 0 Å². The Morgan fingerprint density at radius 1 is 0.600 bits per heavy atom. The average molecular weight is 150 g/mol. The van der Waals surface area contributed by atoms with E-state index in [9.17, 15) is 0 Å². The topological polar surface area (TPSA) is 46.2 Å². The second-order valence-electron chi connectivity index (χ2n) is 1.91. The van der Waals surface area contributed by atoms with Crippen molar-refractivity contribution in [2.24, 2.45) is 0 Å². The molecule has 1 fully saturated rings. The van der Waals surface area contributed by atoms with Crippen molar-refractivity contribution < 1.29 is 24.9 Å². The lowest BCUT2D eigenvalue weighted by Gasteiger charge is -2.04. The molecule has 0 aromatic rings. The predicted octanol–water partition coefficient (Wildman–Crippen LogP) is 0.913. The van der Waals surface area contributed by atoms with E-state index in [0.29, 0.717) is 13.2 Å². The van der Waals surface area contributed by atoms with E-state index in [2.05, 4.69) is 24.9 Å². The standard InChI is InChI=1S/C5H10O5/c1-2-4-6-8-10-9-7-5-3-1/h1-5H2. The van der Waals surface area contributed by atoms with Gasteiger partial charge in [0.15, 0.2) is 0 Å². The lowest BCUT2D eigenvalue weighted by Crippen LogP contribution is -2.05. The summed E-state index contributed by atoms with van der Waals surface area (Å²) in [5.74, 6) is 0. The molecule has 0 spiro atoms. The second-order valence-corrected chi connectivity index (χ2v) is 1.91. The molecule has 0 aromatic carbocycles. The minimum Gasteiger partial charge on any atom is -0.204 e. The van der Waals surface area contributed by atoms with Crippen LogP contribution in [0, 0.1) is 0 Å². The molecule has 0 saturated carbocycles. The van der Waals surface area contributed by atoms with Crippen LogP contribution >= 0.6 is 0 Å². The van der Waals surface area contributed by atoms with E-state index in [4.69, 9.17) is 0 Å². The zero-order valence-corrected chi connectivity index (χ0v) is 5.58. The molecule has 5 nitrogen and oxygen atoms in total. The van der Waals surface area contributed by atoms with E-state index < -0.39 is 0 Å².